The number of rotatable bonds is 5. The maximum Gasteiger partial charge on any atom is 0.243 e. The molecule has 0 spiro atoms. The van der Waals surface area contributed by atoms with Crippen LogP contribution in [-0.2, 0) is 14.8 Å². The van der Waals surface area contributed by atoms with Crippen molar-refractivity contribution in [3.8, 4) is 0 Å². The molecule has 2 aliphatic rings. The van der Waals surface area contributed by atoms with Gasteiger partial charge in [-0.1, -0.05) is 31.7 Å². The van der Waals surface area contributed by atoms with Gasteiger partial charge in [-0.3, -0.25) is 4.79 Å². The molecule has 1 saturated carbocycles. The van der Waals surface area contributed by atoms with Gasteiger partial charge in [0.15, 0.2) is 0 Å². The maximum atomic E-state index is 12.8. The average Bonchev–Trinajstić information content (AvgIpc) is 2.63. The molecule has 5 nitrogen and oxygen atoms in total. The highest BCUT2D eigenvalue weighted by Gasteiger charge is 2.26. The number of carbonyl (C=O) groups is 1. The molecule has 0 bridgehead atoms. The molecule has 3 rings (SSSR count). The summed E-state index contributed by atoms with van der Waals surface area (Å²) in [5.41, 5.74) is 0.568. The first kappa shape index (κ1) is 18.4. The van der Waals surface area contributed by atoms with Crippen molar-refractivity contribution in [2.24, 2.45) is 5.92 Å². The highest BCUT2D eigenvalue weighted by molar-refractivity contribution is 7.89. The second-order valence-corrected chi connectivity index (χ2v) is 9.19. The molecule has 1 aliphatic heterocycles. The zero-order chi connectivity index (χ0) is 17.7. The van der Waals surface area contributed by atoms with Crippen LogP contribution in [0.5, 0.6) is 0 Å². The molecule has 0 radical (unpaired) electrons. The minimum Gasteiger partial charge on any atom is -0.326 e. The number of sulfonamides is 1. The summed E-state index contributed by atoms with van der Waals surface area (Å²) in [5.74, 6) is 0.452. The fourth-order valence-electron chi connectivity index (χ4n) is 3.85. The van der Waals surface area contributed by atoms with Crippen molar-refractivity contribution in [2.45, 2.75) is 62.7 Å². The minimum absolute atomic E-state index is 0.0144. The number of hydrogen-bond donors (Lipinski definition) is 1. The molecule has 25 heavy (non-hydrogen) atoms. The van der Waals surface area contributed by atoms with E-state index in [9.17, 15) is 13.2 Å². The van der Waals surface area contributed by atoms with Crippen LogP contribution in [0.4, 0.5) is 5.69 Å². The number of benzene rings is 1. The second kappa shape index (κ2) is 8.32. The quantitative estimate of drug-likeness (QED) is 0.865. The molecule has 1 aliphatic carbocycles. The molecule has 1 aromatic carbocycles. The van der Waals surface area contributed by atoms with Gasteiger partial charge in [-0.05, 0) is 49.8 Å². The summed E-state index contributed by atoms with van der Waals surface area (Å²) < 4.78 is 27.1. The molecule has 1 aromatic rings. The van der Waals surface area contributed by atoms with Crippen molar-refractivity contribution >= 4 is 21.6 Å². The van der Waals surface area contributed by atoms with E-state index in [1.54, 1.807) is 28.6 Å². The van der Waals surface area contributed by atoms with E-state index in [2.05, 4.69) is 5.32 Å². The number of nitrogens with one attached hydrogen (secondary N) is 1. The van der Waals surface area contributed by atoms with Gasteiger partial charge in [-0.2, -0.15) is 4.31 Å². The van der Waals surface area contributed by atoms with Crippen molar-refractivity contribution in [3.63, 3.8) is 0 Å². The van der Waals surface area contributed by atoms with E-state index in [1.807, 2.05) is 0 Å². The number of anilines is 1. The fourth-order valence-corrected chi connectivity index (χ4v) is 5.42. The van der Waals surface area contributed by atoms with Crippen LogP contribution in [0.25, 0.3) is 0 Å². The number of piperidine rings is 1. The third-order valence-electron chi connectivity index (χ3n) is 5.27. The monoisotopic (exact) mass is 364 g/mol. The van der Waals surface area contributed by atoms with Gasteiger partial charge in [-0.25, -0.2) is 8.42 Å². The summed E-state index contributed by atoms with van der Waals surface area (Å²) in [6.07, 6.45) is 9.38. The van der Waals surface area contributed by atoms with Gasteiger partial charge >= 0.3 is 0 Å². The topological polar surface area (TPSA) is 66.5 Å². The molecule has 0 atom stereocenters. The SMILES string of the molecule is O=C(CC1CCCCC1)Nc1cccc(S(=O)(=O)N2CCCCC2)c1. The van der Waals surface area contributed by atoms with Crippen LogP contribution in [0.1, 0.15) is 57.8 Å². The zero-order valence-corrected chi connectivity index (χ0v) is 15.6. The third kappa shape index (κ3) is 4.82. The summed E-state index contributed by atoms with van der Waals surface area (Å²) in [4.78, 5) is 12.5. The maximum absolute atomic E-state index is 12.8. The molecule has 6 heteroatoms. The molecule has 0 unspecified atom stereocenters. The van der Waals surface area contributed by atoms with Crippen molar-refractivity contribution < 1.29 is 13.2 Å². The van der Waals surface area contributed by atoms with Crippen LogP contribution >= 0.6 is 0 Å². The third-order valence-corrected chi connectivity index (χ3v) is 7.16. The van der Waals surface area contributed by atoms with Crippen LogP contribution in [0, 0.1) is 5.92 Å². The van der Waals surface area contributed by atoms with E-state index >= 15 is 0 Å². The summed E-state index contributed by atoms with van der Waals surface area (Å²) in [5, 5.41) is 2.88. The van der Waals surface area contributed by atoms with Gasteiger partial charge in [0.2, 0.25) is 15.9 Å². The van der Waals surface area contributed by atoms with Gasteiger partial charge in [-0.15, -0.1) is 0 Å². The summed E-state index contributed by atoms with van der Waals surface area (Å²) in [6, 6.07) is 6.66. The summed E-state index contributed by atoms with van der Waals surface area (Å²) in [6.45, 7) is 1.17. The molecule has 1 heterocycles. The first-order valence-corrected chi connectivity index (χ1v) is 10.9. The van der Waals surface area contributed by atoms with Crippen LogP contribution in [-0.4, -0.2) is 31.7 Å². The number of carbonyl (C=O) groups excluding carboxylic acids is 1. The Bertz CT molecular complexity index is 690. The van der Waals surface area contributed by atoms with E-state index in [1.165, 1.54) is 19.3 Å². The van der Waals surface area contributed by atoms with Gasteiger partial charge in [0.05, 0.1) is 4.90 Å². The highest BCUT2D eigenvalue weighted by atomic mass is 32.2. The lowest BCUT2D eigenvalue weighted by molar-refractivity contribution is -0.117. The Hall–Kier alpha value is -1.40. The predicted molar refractivity (Wildman–Crippen MR) is 98.9 cm³/mol. The van der Waals surface area contributed by atoms with Crippen LogP contribution in [0.2, 0.25) is 0 Å². The molecule has 1 amide bonds. The average molecular weight is 365 g/mol. The van der Waals surface area contributed by atoms with Crippen molar-refractivity contribution in [1.29, 1.82) is 0 Å². The van der Waals surface area contributed by atoms with E-state index in [4.69, 9.17) is 0 Å². The van der Waals surface area contributed by atoms with Gasteiger partial charge in [0.1, 0.15) is 0 Å². The van der Waals surface area contributed by atoms with Crippen molar-refractivity contribution in [2.75, 3.05) is 18.4 Å². The molecule has 1 N–H and O–H groups in total. The summed E-state index contributed by atoms with van der Waals surface area (Å²) in [7, 11) is -3.47. The van der Waals surface area contributed by atoms with E-state index in [-0.39, 0.29) is 10.8 Å². The Morgan fingerprint density at radius 2 is 1.72 bits per heavy atom. The van der Waals surface area contributed by atoms with Crippen molar-refractivity contribution in [1.82, 2.24) is 4.31 Å². The van der Waals surface area contributed by atoms with E-state index in [0.717, 1.165) is 32.1 Å². The fraction of sp³-hybridized carbons (Fsp3) is 0.632. The first-order chi connectivity index (χ1) is 12.1. The van der Waals surface area contributed by atoms with E-state index < -0.39 is 10.0 Å². The smallest absolute Gasteiger partial charge is 0.243 e. The Labute approximate surface area is 150 Å². The lowest BCUT2D eigenvalue weighted by Gasteiger charge is -2.26. The minimum atomic E-state index is -3.47. The normalized spacial score (nSPS) is 20.3. The van der Waals surface area contributed by atoms with Crippen LogP contribution in [0.15, 0.2) is 29.2 Å². The lowest BCUT2D eigenvalue weighted by atomic mass is 9.87. The van der Waals surface area contributed by atoms with Gasteiger partial charge < -0.3 is 5.32 Å². The standard InChI is InChI=1S/C19H28N2O3S/c22-19(14-16-8-3-1-4-9-16)20-17-10-7-11-18(15-17)25(23,24)21-12-5-2-6-13-21/h7,10-11,15-16H,1-6,8-9,12-14H2,(H,20,22). The molecule has 1 saturated heterocycles. The molecule has 138 valence electrons. The Kier molecular flexibility index (Phi) is 6.12. The zero-order valence-electron chi connectivity index (χ0n) is 14.7. The number of amides is 1. The molecular formula is C19H28N2O3S. The van der Waals surface area contributed by atoms with Crippen LogP contribution < -0.4 is 5.32 Å². The second-order valence-electron chi connectivity index (χ2n) is 7.25. The van der Waals surface area contributed by atoms with E-state index in [0.29, 0.717) is 31.1 Å². The molecule has 0 aromatic heterocycles. The van der Waals surface area contributed by atoms with Crippen molar-refractivity contribution in [3.05, 3.63) is 24.3 Å². The first-order valence-electron chi connectivity index (χ1n) is 9.46. The Morgan fingerprint density at radius 1 is 1.04 bits per heavy atom. The van der Waals surface area contributed by atoms with Crippen LogP contribution in [0.3, 0.4) is 0 Å². The lowest BCUT2D eigenvalue weighted by Crippen LogP contribution is -2.35. The van der Waals surface area contributed by atoms with Gasteiger partial charge in [0.25, 0.3) is 0 Å². The number of nitrogens with zero attached hydrogens (tertiary/aromatic N) is 1. The Balaban J connectivity index is 1.65. The Morgan fingerprint density at radius 3 is 2.44 bits per heavy atom. The molecular weight excluding hydrogens is 336 g/mol. The van der Waals surface area contributed by atoms with Gasteiger partial charge in [0, 0.05) is 25.2 Å². The highest BCUT2D eigenvalue weighted by Crippen LogP contribution is 2.27. The largest absolute Gasteiger partial charge is 0.326 e. The summed E-state index contributed by atoms with van der Waals surface area (Å²) >= 11 is 0. The molecule has 2 fully saturated rings. The predicted octanol–water partition coefficient (Wildman–Crippen LogP) is 3.77. The number of hydrogen-bond acceptors (Lipinski definition) is 3.